The zero-order valence-corrected chi connectivity index (χ0v) is 17.5. The van der Waals surface area contributed by atoms with Crippen LogP contribution in [-0.4, -0.2) is 36.3 Å². The fourth-order valence-corrected chi connectivity index (χ4v) is 3.86. The SMILES string of the molecule is COc1ccc(-c2c(O)cc(N3CCC(N)CC3)nc2-c2ccc(C#N)c(F)c2)c(F)c1. The normalized spacial score (nSPS) is 14.3. The molecule has 6 nitrogen and oxygen atoms in total. The van der Waals surface area contributed by atoms with Crippen LogP contribution in [0.2, 0.25) is 0 Å². The minimum atomic E-state index is -0.721. The van der Waals surface area contributed by atoms with Crippen molar-refractivity contribution in [3.63, 3.8) is 0 Å². The lowest BCUT2D eigenvalue weighted by molar-refractivity contribution is 0.411. The van der Waals surface area contributed by atoms with E-state index >= 15 is 0 Å². The molecule has 3 N–H and O–H groups in total. The number of benzene rings is 2. The molecule has 1 aliphatic heterocycles. The first kappa shape index (κ1) is 21.5. The molecule has 0 radical (unpaired) electrons. The van der Waals surface area contributed by atoms with E-state index in [1.165, 1.54) is 43.5 Å². The van der Waals surface area contributed by atoms with Crippen molar-refractivity contribution in [3.8, 4) is 40.0 Å². The Hall–Kier alpha value is -3.70. The Balaban J connectivity index is 1.91. The Labute approximate surface area is 184 Å². The molecule has 0 unspecified atom stereocenters. The maximum atomic E-state index is 14.9. The van der Waals surface area contributed by atoms with Gasteiger partial charge >= 0.3 is 0 Å². The van der Waals surface area contributed by atoms with E-state index in [9.17, 15) is 13.9 Å². The van der Waals surface area contributed by atoms with Gasteiger partial charge in [0.1, 0.15) is 35.0 Å². The second kappa shape index (κ2) is 8.81. The van der Waals surface area contributed by atoms with Gasteiger partial charge in [-0.15, -0.1) is 0 Å². The molecule has 1 fully saturated rings. The Kier molecular flexibility index (Phi) is 5.93. The van der Waals surface area contributed by atoms with Gasteiger partial charge in [0.05, 0.1) is 23.9 Å². The zero-order chi connectivity index (χ0) is 22.8. The Bertz CT molecular complexity index is 1200. The van der Waals surface area contributed by atoms with E-state index in [1.807, 2.05) is 4.90 Å². The molecule has 0 aliphatic carbocycles. The molecule has 0 atom stereocenters. The predicted molar refractivity (Wildman–Crippen MR) is 117 cm³/mol. The summed E-state index contributed by atoms with van der Waals surface area (Å²) in [6.07, 6.45) is 1.55. The number of nitrogens with zero attached hydrogens (tertiary/aromatic N) is 3. The van der Waals surface area contributed by atoms with Crippen molar-refractivity contribution >= 4 is 5.82 Å². The van der Waals surface area contributed by atoms with Crippen LogP contribution in [0, 0.1) is 23.0 Å². The lowest BCUT2D eigenvalue weighted by atomic mass is 9.96. The van der Waals surface area contributed by atoms with Gasteiger partial charge in [-0.25, -0.2) is 13.8 Å². The maximum Gasteiger partial charge on any atom is 0.141 e. The summed E-state index contributed by atoms with van der Waals surface area (Å²) in [7, 11) is 1.43. The van der Waals surface area contributed by atoms with Crippen molar-refractivity contribution in [1.29, 1.82) is 5.26 Å². The van der Waals surface area contributed by atoms with Crippen molar-refractivity contribution in [3.05, 3.63) is 59.7 Å². The fraction of sp³-hybridized carbons (Fsp3) is 0.250. The number of aromatic nitrogens is 1. The molecule has 0 spiro atoms. The van der Waals surface area contributed by atoms with Crippen LogP contribution in [0.5, 0.6) is 11.5 Å². The van der Waals surface area contributed by atoms with Gasteiger partial charge < -0.3 is 20.5 Å². The number of pyridine rings is 1. The summed E-state index contributed by atoms with van der Waals surface area (Å²) in [5.41, 5.74) is 6.64. The second-order valence-corrected chi connectivity index (χ2v) is 7.70. The predicted octanol–water partition coefficient (Wildman–Crippen LogP) is 4.21. The number of halogens is 2. The highest BCUT2D eigenvalue weighted by Gasteiger charge is 2.24. The third kappa shape index (κ3) is 4.07. The lowest BCUT2D eigenvalue weighted by Crippen LogP contribution is -2.40. The van der Waals surface area contributed by atoms with Gasteiger partial charge in [-0.1, -0.05) is 6.07 Å². The number of rotatable bonds is 4. The van der Waals surface area contributed by atoms with Crippen molar-refractivity contribution in [2.45, 2.75) is 18.9 Å². The van der Waals surface area contributed by atoms with E-state index in [4.69, 9.17) is 15.7 Å². The molecule has 2 aromatic carbocycles. The molecular formula is C24H22F2N4O2. The minimum Gasteiger partial charge on any atom is -0.507 e. The summed E-state index contributed by atoms with van der Waals surface area (Å²) in [5, 5.41) is 20.0. The quantitative estimate of drug-likeness (QED) is 0.636. The number of anilines is 1. The summed E-state index contributed by atoms with van der Waals surface area (Å²) >= 11 is 0. The second-order valence-electron chi connectivity index (χ2n) is 7.70. The first-order valence-electron chi connectivity index (χ1n) is 10.2. The highest BCUT2D eigenvalue weighted by Crippen LogP contribution is 2.42. The van der Waals surface area contributed by atoms with E-state index in [0.29, 0.717) is 30.2 Å². The Morgan fingerprint density at radius 2 is 1.88 bits per heavy atom. The number of methoxy groups -OCH3 is 1. The smallest absolute Gasteiger partial charge is 0.141 e. The van der Waals surface area contributed by atoms with Crippen molar-refractivity contribution in [2.24, 2.45) is 5.73 Å². The largest absolute Gasteiger partial charge is 0.507 e. The average molecular weight is 436 g/mol. The van der Waals surface area contributed by atoms with Crippen LogP contribution < -0.4 is 15.4 Å². The van der Waals surface area contributed by atoms with Crippen LogP contribution in [0.3, 0.4) is 0 Å². The molecule has 2 heterocycles. The van der Waals surface area contributed by atoms with Gasteiger partial charge in [-0.05, 0) is 37.1 Å². The zero-order valence-electron chi connectivity index (χ0n) is 17.5. The van der Waals surface area contributed by atoms with Crippen LogP contribution in [0.4, 0.5) is 14.6 Å². The molecule has 8 heteroatoms. The van der Waals surface area contributed by atoms with Crippen molar-refractivity contribution in [2.75, 3.05) is 25.1 Å². The summed E-state index contributed by atoms with van der Waals surface area (Å²) in [6, 6.07) is 11.7. The van der Waals surface area contributed by atoms with Crippen LogP contribution >= 0.6 is 0 Å². The number of nitriles is 1. The van der Waals surface area contributed by atoms with Crippen LogP contribution in [0.1, 0.15) is 18.4 Å². The average Bonchev–Trinajstić information content (AvgIpc) is 2.79. The van der Waals surface area contributed by atoms with Gasteiger partial charge in [-0.3, -0.25) is 0 Å². The van der Waals surface area contributed by atoms with Crippen LogP contribution in [0.25, 0.3) is 22.4 Å². The van der Waals surface area contributed by atoms with Crippen molar-refractivity contribution < 1.29 is 18.6 Å². The van der Waals surface area contributed by atoms with E-state index < -0.39 is 11.6 Å². The van der Waals surface area contributed by atoms with E-state index in [2.05, 4.69) is 4.98 Å². The maximum absolute atomic E-state index is 14.9. The minimum absolute atomic E-state index is 0.0998. The lowest BCUT2D eigenvalue weighted by Gasteiger charge is -2.31. The van der Waals surface area contributed by atoms with E-state index in [1.54, 1.807) is 12.1 Å². The number of hydrogen-bond donors (Lipinski definition) is 2. The molecule has 0 bridgehead atoms. The van der Waals surface area contributed by atoms with Gasteiger partial charge in [0.2, 0.25) is 0 Å². The monoisotopic (exact) mass is 436 g/mol. The van der Waals surface area contributed by atoms with Crippen molar-refractivity contribution in [1.82, 2.24) is 4.98 Å². The number of aromatic hydroxyl groups is 1. The van der Waals surface area contributed by atoms with Gasteiger partial charge in [-0.2, -0.15) is 5.26 Å². The molecule has 0 saturated carbocycles. The molecule has 3 aromatic rings. The molecule has 164 valence electrons. The summed E-state index contributed by atoms with van der Waals surface area (Å²) in [6.45, 7) is 1.32. The summed E-state index contributed by atoms with van der Waals surface area (Å²) < 4.78 is 34.4. The van der Waals surface area contributed by atoms with Crippen LogP contribution in [0.15, 0.2) is 42.5 Å². The first-order chi connectivity index (χ1) is 15.4. The molecular weight excluding hydrogens is 414 g/mol. The topological polar surface area (TPSA) is 95.4 Å². The molecule has 1 aromatic heterocycles. The highest BCUT2D eigenvalue weighted by atomic mass is 19.1. The van der Waals surface area contributed by atoms with E-state index in [0.717, 1.165) is 12.8 Å². The van der Waals surface area contributed by atoms with Gasteiger partial charge in [0, 0.05) is 42.4 Å². The number of nitrogens with two attached hydrogens (primary N) is 1. The molecule has 32 heavy (non-hydrogen) atoms. The fourth-order valence-electron chi connectivity index (χ4n) is 3.86. The molecule has 0 amide bonds. The number of ether oxygens (including phenoxy) is 1. The van der Waals surface area contributed by atoms with Gasteiger partial charge in [0.25, 0.3) is 0 Å². The molecule has 4 rings (SSSR count). The Morgan fingerprint density at radius 3 is 2.50 bits per heavy atom. The van der Waals surface area contributed by atoms with Crippen LogP contribution in [-0.2, 0) is 0 Å². The first-order valence-corrected chi connectivity index (χ1v) is 10.2. The van der Waals surface area contributed by atoms with Gasteiger partial charge in [0.15, 0.2) is 0 Å². The summed E-state index contributed by atoms with van der Waals surface area (Å²) in [5.74, 6) is -0.707. The van der Waals surface area contributed by atoms with E-state index in [-0.39, 0.29) is 34.2 Å². The number of hydrogen-bond acceptors (Lipinski definition) is 6. The third-order valence-electron chi connectivity index (χ3n) is 5.66. The molecule has 1 saturated heterocycles. The molecule has 1 aliphatic rings. The third-order valence-corrected chi connectivity index (χ3v) is 5.66. The Morgan fingerprint density at radius 1 is 1.12 bits per heavy atom. The standard InChI is InChI=1S/C24H22F2N4O2/c1-32-17-4-5-18(20(26)11-17)23-21(31)12-22(30-8-6-16(28)7-9-30)29-24(23)14-2-3-15(13-27)19(25)10-14/h2-5,10-12,16H,6-9,28H2,1H3,(H,29,31). The highest BCUT2D eigenvalue weighted by molar-refractivity contribution is 5.87. The summed E-state index contributed by atoms with van der Waals surface area (Å²) in [4.78, 5) is 6.67. The number of piperidine rings is 1.